The molecule has 11 nitrogen and oxygen atoms in total. The van der Waals surface area contributed by atoms with Gasteiger partial charge in [0.15, 0.2) is 0 Å². The third-order valence-electron chi connectivity index (χ3n) is 11.3. The minimum Gasteiger partial charge on any atom is -0.497 e. The monoisotopic (exact) mass is 857 g/mol. The van der Waals surface area contributed by atoms with Gasteiger partial charge in [-0.05, 0) is 108 Å². The quantitative estimate of drug-likeness (QED) is 0.131. The number of fused-ring (bicyclic) bond motifs is 6. The molecule has 0 saturated carbocycles. The number of nitrogens with zero attached hydrogens (tertiary/aromatic N) is 2. The lowest BCUT2D eigenvalue weighted by molar-refractivity contribution is -0.383. The van der Waals surface area contributed by atoms with E-state index in [1.165, 1.54) is 0 Å². The average molecular weight is 858 g/mol. The molecular weight excluding hydrogens is 813 g/mol. The Kier molecular flexibility index (Phi) is 11.2. The fraction of sp³-hybridized carbons (Fsp3) is 0.137. The average Bonchev–Trinajstić information content (AvgIpc) is 4.14. The second kappa shape index (κ2) is 17.2. The molecule has 0 fully saturated rings. The highest BCUT2D eigenvalue weighted by Gasteiger charge is 2.30. The van der Waals surface area contributed by atoms with Crippen molar-refractivity contribution < 1.29 is 36.9 Å². The standard InChI is InChI=1S/C51H44N4O7S/c1-59-37-14-5-10-32(26-37)48-36-30-47(55(31-36)24-9-25-63(56,57)58)51(35-13-8-17-40(29-35)62-4)46-23-22-45(54-46)50(34-12-7-16-39(28-34)61-3)44-21-20-43(53-44)49(42-19-18-41(48)52-42)33-11-6-15-38(27-33)60-2/h5-8,10-23,26-31,52H,9,24-25H2,1-4H3,(H,56,57,58)/p+1. The SMILES string of the molecule is COc1cccc(C2=C3C=CC(=N3)C(c3cccc(OC)c3)=c3ccc([nH]3)=C(c3cccc(OC)c3)c3cc(n(CCCS(=O)(=O)O)c3)C(c3cccc(OC)c3)=C3C=CC2=[NH+]3)c1. The fourth-order valence-corrected chi connectivity index (χ4v) is 8.88. The molecule has 0 atom stereocenters. The van der Waals surface area contributed by atoms with E-state index in [1.807, 2.05) is 109 Å². The Morgan fingerprint density at radius 3 is 1.68 bits per heavy atom. The molecule has 4 aromatic carbocycles. The van der Waals surface area contributed by atoms with E-state index >= 15 is 0 Å². The minimum atomic E-state index is -4.22. The summed E-state index contributed by atoms with van der Waals surface area (Å²) < 4.78 is 58.9. The highest BCUT2D eigenvalue weighted by Crippen LogP contribution is 2.36. The number of benzene rings is 4. The van der Waals surface area contributed by atoms with Gasteiger partial charge in [0.05, 0.1) is 62.4 Å². The van der Waals surface area contributed by atoms with Gasteiger partial charge in [0, 0.05) is 52.3 Å². The summed E-state index contributed by atoms with van der Waals surface area (Å²) in [5.41, 5.74) is 11.8. The van der Waals surface area contributed by atoms with Gasteiger partial charge < -0.3 is 28.5 Å². The van der Waals surface area contributed by atoms with Crippen LogP contribution in [0.3, 0.4) is 0 Å². The number of ether oxygens (including phenoxy) is 4. The summed E-state index contributed by atoms with van der Waals surface area (Å²) in [5, 5.41) is 1.66. The lowest BCUT2D eigenvalue weighted by Crippen LogP contribution is -2.68. The fourth-order valence-electron chi connectivity index (χ4n) is 8.39. The number of nitrogens with one attached hydrogen (secondary N) is 2. The normalized spacial score (nSPS) is 14.6. The van der Waals surface area contributed by atoms with E-state index in [4.69, 9.17) is 23.9 Å². The second-order valence-corrected chi connectivity index (χ2v) is 16.7. The van der Waals surface area contributed by atoms with Crippen LogP contribution in [0.2, 0.25) is 0 Å². The maximum Gasteiger partial charge on any atom is 0.264 e. The molecule has 9 rings (SSSR count). The summed E-state index contributed by atoms with van der Waals surface area (Å²) >= 11 is 0. The van der Waals surface area contributed by atoms with E-state index in [2.05, 4.69) is 51.0 Å². The number of aliphatic imine (C=N–C) groups is 1. The van der Waals surface area contributed by atoms with Gasteiger partial charge in [-0.2, -0.15) is 8.42 Å². The van der Waals surface area contributed by atoms with Crippen molar-refractivity contribution in [3.63, 3.8) is 0 Å². The van der Waals surface area contributed by atoms with Crippen LogP contribution in [0, 0.1) is 0 Å². The topological polar surface area (TPSA) is 138 Å². The molecule has 6 aromatic rings. The highest BCUT2D eigenvalue weighted by molar-refractivity contribution is 7.85. The molecule has 0 aliphatic carbocycles. The van der Waals surface area contributed by atoms with Crippen LogP contribution >= 0.6 is 0 Å². The molecule has 0 amide bonds. The van der Waals surface area contributed by atoms with Crippen LogP contribution in [0.25, 0.3) is 22.3 Å². The molecule has 5 heterocycles. The van der Waals surface area contributed by atoms with Crippen LogP contribution < -0.4 is 34.6 Å². The van der Waals surface area contributed by atoms with Crippen molar-refractivity contribution in [1.29, 1.82) is 0 Å². The number of methoxy groups -OCH3 is 4. The first-order valence-corrected chi connectivity index (χ1v) is 22.0. The number of aryl methyl sites for hydroxylation is 1. The molecule has 63 heavy (non-hydrogen) atoms. The van der Waals surface area contributed by atoms with Gasteiger partial charge in [-0.3, -0.25) is 4.55 Å². The van der Waals surface area contributed by atoms with Crippen LogP contribution in [0.1, 0.15) is 39.9 Å². The Balaban J connectivity index is 1.43. The highest BCUT2D eigenvalue weighted by atomic mass is 32.2. The summed E-state index contributed by atoms with van der Waals surface area (Å²) in [6.45, 7) is 0.284. The first-order valence-electron chi connectivity index (χ1n) is 20.4. The van der Waals surface area contributed by atoms with Crippen LogP contribution in [0.4, 0.5) is 0 Å². The summed E-state index contributed by atoms with van der Waals surface area (Å²) in [4.78, 5) is 13.0. The number of aromatic amines is 1. The number of H-pyrrole nitrogens is 1. The van der Waals surface area contributed by atoms with E-state index in [0.29, 0.717) is 23.0 Å². The van der Waals surface area contributed by atoms with E-state index in [0.717, 1.165) is 89.3 Å². The van der Waals surface area contributed by atoms with Gasteiger partial charge in [0.25, 0.3) is 10.1 Å². The largest absolute Gasteiger partial charge is 0.497 e. The Hall–Kier alpha value is -7.41. The smallest absolute Gasteiger partial charge is 0.264 e. The predicted octanol–water partition coefficient (Wildman–Crippen LogP) is 5.86. The Bertz CT molecular complexity index is 3230. The van der Waals surface area contributed by atoms with Crippen LogP contribution in [-0.2, 0) is 16.7 Å². The summed E-state index contributed by atoms with van der Waals surface area (Å²) in [5.74, 6) is 2.38. The molecule has 316 valence electrons. The zero-order valence-electron chi connectivity index (χ0n) is 35.2. The van der Waals surface area contributed by atoms with Crippen molar-refractivity contribution in [2.45, 2.75) is 13.0 Å². The molecule has 3 N–H and O–H groups in total. The van der Waals surface area contributed by atoms with Crippen LogP contribution in [0.5, 0.6) is 23.0 Å². The van der Waals surface area contributed by atoms with Gasteiger partial charge in [-0.25, -0.2) is 9.98 Å². The third kappa shape index (κ3) is 8.33. The number of hydrogen-bond donors (Lipinski definition) is 3. The molecule has 8 bridgehead atoms. The van der Waals surface area contributed by atoms with Gasteiger partial charge in [-0.1, -0.05) is 48.5 Å². The molecule has 0 unspecified atom stereocenters. The van der Waals surface area contributed by atoms with Crippen molar-refractivity contribution in [1.82, 2.24) is 9.55 Å². The Labute approximate surface area is 365 Å². The van der Waals surface area contributed by atoms with Crippen molar-refractivity contribution in [2.24, 2.45) is 4.99 Å². The summed E-state index contributed by atoms with van der Waals surface area (Å²) in [7, 11) is 2.37. The molecule has 3 aliphatic heterocycles. The van der Waals surface area contributed by atoms with Crippen molar-refractivity contribution in [2.75, 3.05) is 34.2 Å². The van der Waals surface area contributed by atoms with E-state index in [1.54, 1.807) is 28.4 Å². The molecule has 3 aliphatic rings. The van der Waals surface area contributed by atoms with Crippen molar-refractivity contribution in [3.8, 4) is 23.0 Å². The Morgan fingerprint density at radius 1 is 0.603 bits per heavy atom. The lowest BCUT2D eigenvalue weighted by Gasteiger charge is -2.13. The van der Waals surface area contributed by atoms with Gasteiger partial charge >= 0.3 is 0 Å². The molecule has 0 saturated heterocycles. The Morgan fingerprint density at radius 2 is 1.13 bits per heavy atom. The van der Waals surface area contributed by atoms with Crippen molar-refractivity contribution in [3.05, 3.63) is 201 Å². The lowest BCUT2D eigenvalue weighted by atomic mass is 9.96. The van der Waals surface area contributed by atoms with E-state index in [-0.39, 0.29) is 13.0 Å². The summed E-state index contributed by atoms with van der Waals surface area (Å²) in [6, 6.07) is 37.9. The zero-order chi connectivity index (χ0) is 43.7. The van der Waals surface area contributed by atoms with E-state index < -0.39 is 15.9 Å². The van der Waals surface area contributed by atoms with Crippen LogP contribution in [0.15, 0.2) is 162 Å². The predicted molar refractivity (Wildman–Crippen MR) is 246 cm³/mol. The molecule has 2 aromatic heterocycles. The first kappa shape index (κ1) is 41.0. The number of hydrogen-bond acceptors (Lipinski definition) is 7. The van der Waals surface area contributed by atoms with E-state index in [9.17, 15) is 13.0 Å². The molecule has 0 spiro atoms. The van der Waals surface area contributed by atoms with Crippen LogP contribution in [-0.4, -0.2) is 68.1 Å². The number of allylic oxidation sites excluding steroid dienone is 5. The van der Waals surface area contributed by atoms with Crippen molar-refractivity contribution >= 4 is 43.8 Å². The third-order valence-corrected chi connectivity index (χ3v) is 12.1. The maximum absolute atomic E-state index is 12.1. The van der Waals surface area contributed by atoms with Gasteiger partial charge in [0.1, 0.15) is 23.0 Å². The zero-order valence-corrected chi connectivity index (χ0v) is 36.0. The maximum atomic E-state index is 12.1. The van der Waals surface area contributed by atoms with Gasteiger partial charge in [-0.15, -0.1) is 0 Å². The summed E-state index contributed by atoms with van der Waals surface area (Å²) in [6.07, 6.45) is 10.4. The molecule has 12 heteroatoms. The first-order chi connectivity index (χ1) is 30.6. The molecule has 0 radical (unpaired) electrons. The number of aromatic nitrogens is 2. The minimum absolute atomic E-state index is 0.167. The molecular formula is C51H45N4O7S+. The van der Waals surface area contributed by atoms with Gasteiger partial charge in [0.2, 0.25) is 11.4 Å². The number of rotatable bonds is 12. The second-order valence-electron chi connectivity index (χ2n) is 15.2.